The number of nitrogens with one attached hydrogen (secondary N) is 1. The second kappa shape index (κ2) is 7.02. The minimum absolute atomic E-state index is 0.648. The maximum Gasteiger partial charge on any atom is 0.143 e. The van der Waals surface area contributed by atoms with Gasteiger partial charge in [-0.25, -0.2) is 0 Å². The van der Waals surface area contributed by atoms with Crippen molar-refractivity contribution in [2.75, 3.05) is 25.1 Å². The molecule has 4 heteroatoms. The Balaban J connectivity index is 2.18. The summed E-state index contributed by atoms with van der Waals surface area (Å²) in [5, 5.41) is 3.38. The molecule has 1 heterocycles. The van der Waals surface area contributed by atoms with Crippen molar-refractivity contribution in [3.05, 3.63) is 18.2 Å². The zero-order chi connectivity index (χ0) is 13.5. The molecule has 1 aromatic rings. The Kier molecular flexibility index (Phi) is 5.07. The molecule has 0 saturated heterocycles. The van der Waals surface area contributed by atoms with E-state index < -0.39 is 0 Å². The van der Waals surface area contributed by atoms with Crippen LogP contribution >= 0.6 is 0 Å². The third-order valence-electron chi connectivity index (χ3n) is 2.97. The molecule has 1 aliphatic rings. The summed E-state index contributed by atoms with van der Waals surface area (Å²) in [5.41, 5.74) is 0.938. The van der Waals surface area contributed by atoms with Crippen LogP contribution in [0.4, 0.5) is 5.69 Å². The van der Waals surface area contributed by atoms with E-state index in [1.165, 1.54) is 12.8 Å². The molecule has 0 amide bonds. The van der Waals surface area contributed by atoms with Crippen molar-refractivity contribution >= 4 is 11.5 Å². The van der Waals surface area contributed by atoms with Gasteiger partial charge in [0.15, 0.2) is 0 Å². The van der Waals surface area contributed by atoms with Crippen molar-refractivity contribution in [2.45, 2.75) is 33.1 Å². The van der Waals surface area contributed by atoms with Crippen molar-refractivity contribution in [1.29, 1.82) is 0 Å². The summed E-state index contributed by atoms with van der Waals surface area (Å²) in [6.07, 6.45) is 3.38. The number of amidine groups is 1. The third-order valence-corrected chi connectivity index (χ3v) is 2.97. The molecular weight excluding hydrogens is 240 g/mol. The highest BCUT2D eigenvalue weighted by molar-refractivity contribution is 5.97. The van der Waals surface area contributed by atoms with Gasteiger partial charge in [-0.05, 0) is 38.8 Å². The van der Waals surface area contributed by atoms with E-state index >= 15 is 0 Å². The summed E-state index contributed by atoms with van der Waals surface area (Å²) in [5.74, 6) is 2.74. The average Bonchev–Trinajstić information content (AvgIpc) is 2.43. The highest BCUT2D eigenvalue weighted by atomic mass is 16.5. The molecular formula is C15H22N2O2. The normalized spacial score (nSPS) is 14.7. The molecule has 0 radical (unpaired) electrons. The first kappa shape index (κ1) is 13.7. The first-order chi connectivity index (χ1) is 9.33. The molecule has 2 rings (SSSR count). The van der Waals surface area contributed by atoms with E-state index in [0.717, 1.165) is 36.0 Å². The Bertz CT molecular complexity index is 444. The smallest absolute Gasteiger partial charge is 0.143 e. The van der Waals surface area contributed by atoms with Gasteiger partial charge in [-0.2, -0.15) is 0 Å². The van der Waals surface area contributed by atoms with Gasteiger partial charge in [0.05, 0.1) is 18.9 Å². The lowest BCUT2D eigenvalue weighted by atomic mass is 10.1. The number of hydrogen-bond acceptors (Lipinski definition) is 4. The zero-order valence-electron chi connectivity index (χ0n) is 11.7. The molecule has 1 N–H and O–H groups in total. The fourth-order valence-electron chi connectivity index (χ4n) is 2.10. The number of anilines is 1. The molecule has 0 aliphatic carbocycles. The topological polar surface area (TPSA) is 42.9 Å². The Morgan fingerprint density at radius 3 is 2.68 bits per heavy atom. The molecule has 1 aromatic carbocycles. The van der Waals surface area contributed by atoms with E-state index in [0.29, 0.717) is 13.2 Å². The van der Waals surface area contributed by atoms with Crippen molar-refractivity contribution in [1.82, 2.24) is 0 Å². The van der Waals surface area contributed by atoms with Crippen molar-refractivity contribution in [2.24, 2.45) is 4.99 Å². The fourth-order valence-corrected chi connectivity index (χ4v) is 2.10. The molecule has 104 valence electrons. The molecule has 1 aliphatic heterocycles. The largest absolute Gasteiger partial charge is 0.494 e. The Morgan fingerprint density at radius 2 is 2.00 bits per heavy atom. The lowest BCUT2D eigenvalue weighted by Gasteiger charge is -2.17. The summed E-state index contributed by atoms with van der Waals surface area (Å²) in [7, 11) is 0. The quantitative estimate of drug-likeness (QED) is 0.883. The van der Waals surface area contributed by atoms with Gasteiger partial charge >= 0.3 is 0 Å². The van der Waals surface area contributed by atoms with Crippen LogP contribution in [0.3, 0.4) is 0 Å². The van der Waals surface area contributed by atoms with Gasteiger partial charge in [-0.3, -0.25) is 4.99 Å². The minimum Gasteiger partial charge on any atom is -0.494 e. The number of nitrogens with zero attached hydrogens (tertiary/aromatic N) is 1. The summed E-state index contributed by atoms with van der Waals surface area (Å²) in [4.78, 5) is 4.51. The third kappa shape index (κ3) is 3.88. The second-order valence-electron chi connectivity index (χ2n) is 4.43. The van der Waals surface area contributed by atoms with Gasteiger partial charge in [0, 0.05) is 19.0 Å². The molecule has 0 atom stereocenters. The van der Waals surface area contributed by atoms with Crippen molar-refractivity contribution < 1.29 is 9.47 Å². The Labute approximate surface area is 114 Å². The molecule has 0 unspecified atom stereocenters. The predicted octanol–water partition coefficient (Wildman–Crippen LogP) is 3.48. The van der Waals surface area contributed by atoms with Crippen LogP contribution in [-0.2, 0) is 0 Å². The Hall–Kier alpha value is -1.71. The standard InChI is InChI=1S/C15H22N2O2/c1-3-18-12-8-9-14(19-4-2)13(11-12)17-15-7-5-6-10-16-15/h8-9,11H,3-7,10H2,1-2H3,(H,16,17). The minimum atomic E-state index is 0.648. The van der Waals surface area contributed by atoms with Gasteiger partial charge in [0.25, 0.3) is 0 Å². The van der Waals surface area contributed by atoms with E-state index in [2.05, 4.69) is 10.3 Å². The average molecular weight is 262 g/mol. The summed E-state index contributed by atoms with van der Waals surface area (Å²) in [6.45, 7) is 6.19. The van der Waals surface area contributed by atoms with Crippen LogP contribution in [0, 0.1) is 0 Å². The van der Waals surface area contributed by atoms with Crippen LogP contribution in [0.5, 0.6) is 11.5 Å². The lowest BCUT2D eigenvalue weighted by molar-refractivity contribution is 0.332. The van der Waals surface area contributed by atoms with Crippen molar-refractivity contribution in [3.63, 3.8) is 0 Å². The molecule has 0 aromatic heterocycles. The highest BCUT2D eigenvalue weighted by Gasteiger charge is 2.10. The van der Waals surface area contributed by atoms with E-state index in [1.807, 2.05) is 32.0 Å². The summed E-state index contributed by atoms with van der Waals surface area (Å²) < 4.78 is 11.2. The van der Waals surface area contributed by atoms with Crippen molar-refractivity contribution in [3.8, 4) is 11.5 Å². The van der Waals surface area contributed by atoms with Crippen LogP contribution in [-0.4, -0.2) is 25.6 Å². The van der Waals surface area contributed by atoms with E-state index in [1.54, 1.807) is 0 Å². The molecule has 4 nitrogen and oxygen atoms in total. The van der Waals surface area contributed by atoms with Crippen LogP contribution in [0.25, 0.3) is 0 Å². The first-order valence-corrected chi connectivity index (χ1v) is 7.03. The second-order valence-corrected chi connectivity index (χ2v) is 4.43. The number of hydrogen-bond donors (Lipinski definition) is 1. The van der Waals surface area contributed by atoms with Crippen LogP contribution in [0.2, 0.25) is 0 Å². The van der Waals surface area contributed by atoms with Gasteiger partial charge in [-0.15, -0.1) is 0 Å². The van der Waals surface area contributed by atoms with Gasteiger partial charge in [0.2, 0.25) is 0 Å². The van der Waals surface area contributed by atoms with E-state index in [-0.39, 0.29) is 0 Å². The molecule has 0 fully saturated rings. The predicted molar refractivity (Wildman–Crippen MR) is 78.6 cm³/mol. The first-order valence-electron chi connectivity index (χ1n) is 7.03. The highest BCUT2D eigenvalue weighted by Crippen LogP contribution is 2.30. The molecule has 0 spiro atoms. The number of rotatable bonds is 5. The SMILES string of the molecule is CCOc1ccc(OCC)c(NC2=NCCCC2)c1. The molecule has 19 heavy (non-hydrogen) atoms. The fraction of sp³-hybridized carbons (Fsp3) is 0.533. The van der Waals surface area contributed by atoms with E-state index in [4.69, 9.17) is 9.47 Å². The molecule has 0 bridgehead atoms. The maximum atomic E-state index is 5.64. The number of aliphatic imine (C=N–C) groups is 1. The van der Waals surface area contributed by atoms with Crippen LogP contribution in [0.15, 0.2) is 23.2 Å². The number of benzene rings is 1. The summed E-state index contributed by atoms with van der Waals surface area (Å²) in [6, 6.07) is 5.86. The van der Waals surface area contributed by atoms with Gasteiger partial charge in [0.1, 0.15) is 17.3 Å². The summed E-state index contributed by atoms with van der Waals surface area (Å²) >= 11 is 0. The van der Waals surface area contributed by atoms with E-state index in [9.17, 15) is 0 Å². The number of ether oxygens (including phenoxy) is 2. The monoisotopic (exact) mass is 262 g/mol. The molecule has 0 saturated carbocycles. The van der Waals surface area contributed by atoms with Gasteiger partial charge in [-0.1, -0.05) is 0 Å². The van der Waals surface area contributed by atoms with Crippen LogP contribution in [0.1, 0.15) is 33.1 Å². The lowest BCUT2D eigenvalue weighted by Crippen LogP contribution is -2.16. The van der Waals surface area contributed by atoms with Gasteiger partial charge < -0.3 is 14.8 Å². The Morgan fingerprint density at radius 1 is 1.16 bits per heavy atom. The zero-order valence-corrected chi connectivity index (χ0v) is 11.7. The van der Waals surface area contributed by atoms with Crippen LogP contribution < -0.4 is 14.8 Å². The maximum absolute atomic E-state index is 5.64.